The molecule has 0 aliphatic heterocycles. The first kappa shape index (κ1) is 91.1. The smallest absolute Gasteiger partial charge is 0.486 e. The summed E-state index contributed by atoms with van der Waals surface area (Å²) in [7, 11) is 0. The van der Waals surface area contributed by atoms with Gasteiger partial charge in [0.1, 0.15) is 0 Å². The van der Waals surface area contributed by atoms with Crippen molar-refractivity contribution in [2.45, 2.75) is 27.7 Å². The number of aromatic nitrogens is 10. The fraction of sp³-hybridized carbons (Fsp3) is 0.0303. The molecule has 14 nitrogen and oxygen atoms in total. The molecule has 0 atom stereocenters. The minimum absolute atomic E-state index is 0. The fourth-order valence-corrected chi connectivity index (χ4v) is 20.6. The maximum absolute atomic E-state index is 6.45. The molecule has 14 aromatic heterocycles. The Bertz CT molecular complexity index is 8900. The molecule has 27 rings (SSSR count). The van der Waals surface area contributed by atoms with Crippen molar-refractivity contribution in [1.82, 2.24) is 49.8 Å². The summed E-state index contributed by atoms with van der Waals surface area (Å²) in [6.07, 6.45) is 11.7. The normalized spacial score (nSPS) is 11.5. The van der Waals surface area contributed by atoms with E-state index in [1.165, 1.54) is 0 Å². The average molecular weight is 2250 g/mol. The van der Waals surface area contributed by atoms with Crippen molar-refractivity contribution >= 4 is 88.3 Å². The van der Waals surface area contributed by atoms with Gasteiger partial charge in [-0.05, 0) is 269 Å². The molecule has 27 aromatic rings. The minimum Gasteiger partial charge on any atom is -0.486 e. The van der Waals surface area contributed by atoms with Crippen molar-refractivity contribution in [3.8, 4) is 201 Å². The summed E-state index contributed by atoms with van der Waals surface area (Å²) in [5.41, 5.74) is 42.0. The topological polar surface area (TPSA) is 181 Å². The van der Waals surface area contributed by atoms with Gasteiger partial charge in [-0.3, -0.25) is 0 Å². The quantitative estimate of drug-likeness (QED) is 0.0740. The zero-order valence-corrected chi connectivity index (χ0v) is 84.7. The number of benzene rings is 13. The largest absolute Gasteiger partial charge is 3.00 e. The van der Waals surface area contributed by atoms with E-state index < -0.39 is 0 Å². The molecule has 0 N–H and O–H groups in total. The van der Waals surface area contributed by atoms with Crippen molar-refractivity contribution in [1.29, 1.82) is 0 Å². The third-order valence-corrected chi connectivity index (χ3v) is 27.8. The Balaban J connectivity index is 0.00000569. The number of furan rings is 4. The minimum atomic E-state index is 0. The van der Waals surface area contributed by atoms with Gasteiger partial charge in [0.15, 0.2) is 0 Å². The molecule has 0 aliphatic carbocycles. The molecule has 14 heterocycles. The van der Waals surface area contributed by atoms with Crippen LogP contribution in [0.3, 0.4) is 0 Å². The van der Waals surface area contributed by atoms with Gasteiger partial charge in [-0.25, -0.2) is 55.3 Å². The number of aryl methyl sites for hydroxylation is 4. The van der Waals surface area contributed by atoms with E-state index in [0.29, 0.717) is 45.2 Å². The van der Waals surface area contributed by atoms with Crippen molar-refractivity contribution in [3.63, 3.8) is 0 Å². The van der Waals surface area contributed by atoms with Gasteiger partial charge in [-0.2, -0.15) is 0 Å². The second-order valence-corrected chi connectivity index (χ2v) is 36.9. The van der Waals surface area contributed by atoms with Crippen LogP contribution in [-0.4, -0.2) is 49.8 Å². The predicted molar refractivity (Wildman–Crippen MR) is 583 cm³/mol. The summed E-state index contributed by atoms with van der Waals surface area (Å²) < 4.78 is 25.8. The van der Waals surface area contributed by atoms with Gasteiger partial charge in [0.05, 0.1) is 22.3 Å². The summed E-state index contributed by atoms with van der Waals surface area (Å²) in [4.78, 5) is 49.8. The van der Waals surface area contributed by atoms with Gasteiger partial charge < -0.3 is 47.6 Å². The number of rotatable bonds is 18. The molecule has 13 aromatic carbocycles. The molecule has 0 radical (unpaired) electrons. The van der Waals surface area contributed by atoms with Crippen LogP contribution in [0, 0.1) is 64.1 Å². The van der Waals surface area contributed by atoms with Gasteiger partial charge >= 0.3 is 40.2 Å². The van der Waals surface area contributed by atoms with Gasteiger partial charge in [-0.1, -0.05) is 274 Å². The third kappa shape index (κ3) is 16.4. The van der Waals surface area contributed by atoms with Crippen LogP contribution in [0.15, 0.2) is 419 Å². The van der Waals surface area contributed by atoms with Crippen LogP contribution in [0.5, 0.6) is 0 Å². The van der Waals surface area contributed by atoms with Crippen molar-refractivity contribution in [3.05, 3.63) is 460 Å². The molecule has 698 valence electrons. The standard InChI is InChI=1S/C132H78N10O4.2Ir/c1-77-41-55-111-107-33-17-37-115(125(107)143-129(111)139-77)121-61-51-85(73-135-121)97-23-7-13-29-103(97)91-65-89(66-92(69-91)104-30-14-8-24-98(104)86-52-62-122(136-74-86)116-38-18-34-108-112-56-42-78(2)140-130(112)144-126(108)116)101-27-11-5-21-95(101)83-49-59-119(133-71-83)81-45-47-82(48-46-81)120-60-50-84(72-134-120)96-22-6-12-28-102(96)90-67-93(105-31-15-9-25-99(105)87-53-63-123(137-75-87)117-39-19-35-109-113-57-43-79(3)141-131(113)145-127(109)117)70-94(68-90)106-32-16-10-26-100(106)88-54-64-124(138-76-88)118-40-20-36-110-114-58-44-80(4)142-132(114)146-128(110)118;;/h5-36,41-45,48-76H,1-4H3;;/q-6;2*+3. The van der Waals surface area contributed by atoms with Crippen LogP contribution in [0.1, 0.15) is 22.8 Å². The van der Waals surface area contributed by atoms with Crippen LogP contribution in [-0.2, 0) is 40.2 Å². The Kier molecular flexibility index (Phi) is 23.3. The first-order chi connectivity index (χ1) is 71.9. The summed E-state index contributed by atoms with van der Waals surface area (Å²) in [5.74, 6) is 0. The molecule has 0 bridgehead atoms. The maximum atomic E-state index is 6.45. The second kappa shape index (κ2) is 37.9. The molecule has 0 amide bonds. The number of hydrogen-bond acceptors (Lipinski definition) is 14. The molecule has 0 aliphatic rings. The predicted octanol–water partition coefficient (Wildman–Crippen LogP) is 33.3. The van der Waals surface area contributed by atoms with Gasteiger partial charge in [-0.15, -0.1) is 72.8 Å². The van der Waals surface area contributed by atoms with Crippen LogP contribution in [0.4, 0.5) is 0 Å². The average Bonchev–Trinajstić information content (AvgIpc) is 1.77. The van der Waals surface area contributed by atoms with Crippen molar-refractivity contribution in [2.24, 2.45) is 0 Å². The zero-order valence-electron chi connectivity index (χ0n) is 79.9. The second-order valence-electron chi connectivity index (χ2n) is 36.9. The number of hydrogen-bond donors (Lipinski definition) is 0. The molecule has 16 heteroatoms. The number of pyridine rings is 10. The Morgan fingerprint density at radius 2 is 0.372 bits per heavy atom. The summed E-state index contributed by atoms with van der Waals surface area (Å²) in [5, 5.41) is 7.68. The van der Waals surface area contributed by atoms with Gasteiger partial charge in [0.25, 0.3) is 0 Å². The zero-order chi connectivity index (χ0) is 97.1. The van der Waals surface area contributed by atoms with Crippen molar-refractivity contribution < 1.29 is 57.9 Å². The van der Waals surface area contributed by atoms with Gasteiger partial charge in [0, 0.05) is 81.5 Å². The van der Waals surface area contributed by atoms with E-state index in [1.807, 2.05) is 150 Å². The van der Waals surface area contributed by atoms with Crippen LogP contribution in [0.25, 0.3) is 289 Å². The summed E-state index contributed by atoms with van der Waals surface area (Å²) in [6.45, 7) is 7.88. The number of fused-ring (bicyclic) bond motifs is 12. The molecule has 0 unspecified atom stereocenters. The summed E-state index contributed by atoms with van der Waals surface area (Å²) in [6, 6.07) is 147. The van der Waals surface area contributed by atoms with E-state index in [2.05, 4.69) is 315 Å². The third-order valence-electron chi connectivity index (χ3n) is 27.8. The van der Waals surface area contributed by atoms with Gasteiger partial charge in [0.2, 0.25) is 22.9 Å². The summed E-state index contributed by atoms with van der Waals surface area (Å²) >= 11 is 0. The molecular formula is C132H78Ir2N10O4. The Labute approximate surface area is 878 Å². The molecule has 0 spiro atoms. The van der Waals surface area contributed by atoms with E-state index in [1.54, 1.807) is 0 Å². The van der Waals surface area contributed by atoms with E-state index in [4.69, 9.17) is 67.5 Å². The van der Waals surface area contributed by atoms with Crippen LogP contribution < -0.4 is 0 Å². The molecule has 0 saturated carbocycles. The number of nitrogens with zero attached hydrogens (tertiary/aromatic N) is 10. The first-order valence-corrected chi connectivity index (χ1v) is 48.4. The maximum Gasteiger partial charge on any atom is 3.00 e. The monoisotopic (exact) mass is 2250 g/mol. The Morgan fingerprint density at radius 3 is 0.554 bits per heavy atom. The Hall–Kier alpha value is -18.1. The Morgan fingerprint density at radius 1 is 0.182 bits per heavy atom. The van der Waals surface area contributed by atoms with E-state index in [0.717, 1.165) is 267 Å². The molecule has 0 fully saturated rings. The van der Waals surface area contributed by atoms with E-state index in [-0.39, 0.29) is 40.2 Å². The first-order valence-electron chi connectivity index (χ1n) is 48.4. The SMILES string of the molecule is Cc1ccc2c(n1)oc1c(-c3ccc(-c4ccccc4-c4cc(-c5ccccc5-c5ccc(-c6[c-]cc(-c7ccc(-c8ccccc8-c8cc(-c9ccccc9-c9ccc(-c%10[c-]ccc%11c%10oc%10nc(C)ccc%10%11)nc9)cc(-c9ccccc9-c9ccc(-c%10[c-]ccc%11c%10oc%10nc(C)ccc%10%11)nc9)c8)cn7)[c-]c6)nc5)cc(-c5ccccc5-c5ccc(-c6[c-]ccc7c6oc6nc(C)ccc67)nc5)c4)cn3)[c-]ccc12.[Ir+3].[Ir+3]. The molecular weight excluding hydrogens is 2170 g/mol. The van der Waals surface area contributed by atoms with Crippen LogP contribution >= 0.6 is 0 Å². The molecule has 148 heavy (non-hydrogen) atoms. The van der Waals surface area contributed by atoms with Crippen LogP contribution in [0.2, 0.25) is 0 Å². The van der Waals surface area contributed by atoms with E-state index in [9.17, 15) is 0 Å². The fourth-order valence-electron chi connectivity index (χ4n) is 20.6. The van der Waals surface area contributed by atoms with E-state index >= 15 is 0 Å². The molecule has 0 saturated heterocycles. The van der Waals surface area contributed by atoms with Crippen molar-refractivity contribution in [2.75, 3.05) is 0 Å².